The van der Waals surface area contributed by atoms with Crippen LogP contribution >= 0.6 is 11.8 Å². The molecule has 0 radical (unpaired) electrons. The molecular weight excluding hydrogens is 430 g/mol. The summed E-state index contributed by atoms with van der Waals surface area (Å²) in [6, 6.07) is 0. The molecule has 1 aliphatic heterocycles. The van der Waals surface area contributed by atoms with Crippen LogP contribution in [-0.4, -0.2) is 78.1 Å². The van der Waals surface area contributed by atoms with Crippen molar-refractivity contribution in [3.8, 4) is 0 Å². The number of rotatable bonds is 7. The van der Waals surface area contributed by atoms with Crippen LogP contribution < -0.4 is 11.3 Å². The molecule has 12 nitrogen and oxygen atoms in total. The summed E-state index contributed by atoms with van der Waals surface area (Å²) in [4.78, 5) is 35.8. The van der Waals surface area contributed by atoms with Crippen molar-refractivity contribution in [1.82, 2.24) is 19.5 Å². The zero-order valence-electron chi connectivity index (χ0n) is 17.4. The molecular formula is C18H27N5O7S. The van der Waals surface area contributed by atoms with E-state index in [1.165, 1.54) is 16.3 Å². The van der Waals surface area contributed by atoms with E-state index in [1.54, 1.807) is 20.8 Å². The van der Waals surface area contributed by atoms with E-state index in [2.05, 4.69) is 15.0 Å². The Morgan fingerprint density at radius 2 is 2.06 bits per heavy atom. The molecule has 172 valence electrons. The number of H-pyrrole nitrogens is 1. The molecule has 6 N–H and O–H groups in total. The summed E-state index contributed by atoms with van der Waals surface area (Å²) in [6.45, 7) is 4.45. The van der Waals surface area contributed by atoms with Gasteiger partial charge >= 0.3 is 5.97 Å². The maximum Gasteiger partial charge on any atom is 0.311 e. The molecule has 2 aromatic heterocycles. The third-order valence-electron chi connectivity index (χ3n) is 4.67. The SMILES string of the molecule is CC(C)(C)C(=O)O[C@@H]1[C@H](O)[C@@H](CO)O[C@H]1n1c(SCCCO)nc2c(=O)[nH]c(N)nc21. The molecule has 31 heavy (non-hydrogen) atoms. The summed E-state index contributed by atoms with van der Waals surface area (Å²) in [7, 11) is 0. The summed E-state index contributed by atoms with van der Waals surface area (Å²) in [5.41, 5.74) is 4.38. The highest BCUT2D eigenvalue weighted by atomic mass is 32.2. The maximum atomic E-state index is 12.5. The first-order chi connectivity index (χ1) is 14.6. The number of carbonyl (C=O) groups is 1. The lowest BCUT2D eigenvalue weighted by molar-refractivity contribution is -0.168. The van der Waals surface area contributed by atoms with Gasteiger partial charge in [-0.1, -0.05) is 11.8 Å². The molecule has 0 aromatic carbocycles. The number of aliphatic hydroxyl groups excluding tert-OH is 3. The Morgan fingerprint density at radius 3 is 2.68 bits per heavy atom. The fourth-order valence-corrected chi connectivity index (χ4v) is 3.99. The number of nitrogens with one attached hydrogen (secondary N) is 1. The predicted molar refractivity (Wildman–Crippen MR) is 111 cm³/mol. The number of fused-ring (bicyclic) bond motifs is 1. The average molecular weight is 458 g/mol. The van der Waals surface area contributed by atoms with E-state index in [4.69, 9.17) is 20.3 Å². The van der Waals surface area contributed by atoms with E-state index in [0.29, 0.717) is 17.3 Å². The Bertz CT molecular complexity index is 1000. The zero-order chi connectivity index (χ0) is 22.9. The molecule has 4 atom stereocenters. The molecule has 0 bridgehead atoms. The molecule has 0 aliphatic carbocycles. The van der Waals surface area contributed by atoms with Crippen molar-refractivity contribution in [2.45, 2.75) is 56.9 Å². The van der Waals surface area contributed by atoms with Gasteiger partial charge in [-0.2, -0.15) is 4.98 Å². The fourth-order valence-electron chi connectivity index (χ4n) is 3.04. The van der Waals surface area contributed by atoms with Crippen molar-refractivity contribution >= 4 is 34.8 Å². The largest absolute Gasteiger partial charge is 0.454 e. The number of ether oxygens (including phenoxy) is 2. The highest BCUT2D eigenvalue weighted by molar-refractivity contribution is 7.99. The number of aromatic amines is 1. The highest BCUT2D eigenvalue weighted by Gasteiger charge is 2.49. The number of nitrogens with zero attached hydrogens (tertiary/aromatic N) is 3. The lowest BCUT2D eigenvalue weighted by Gasteiger charge is -2.26. The number of nitrogen functional groups attached to an aromatic ring is 1. The van der Waals surface area contributed by atoms with Gasteiger partial charge in [-0.15, -0.1) is 0 Å². The molecule has 0 amide bonds. The van der Waals surface area contributed by atoms with Gasteiger partial charge in [0.25, 0.3) is 5.56 Å². The highest BCUT2D eigenvalue weighted by Crippen LogP contribution is 2.38. The first-order valence-electron chi connectivity index (χ1n) is 9.75. The number of carbonyl (C=O) groups excluding carboxylic acids is 1. The van der Waals surface area contributed by atoms with Crippen molar-refractivity contribution in [3.05, 3.63) is 10.4 Å². The van der Waals surface area contributed by atoms with Crippen molar-refractivity contribution in [2.24, 2.45) is 5.41 Å². The monoisotopic (exact) mass is 457 g/mol. The van der Waals surface area contributed by atoms with Crippen LogP contribution in [0.3, 0.4) is 0 Å². The van der Waals surface area contributed by atoms with Gasteiger partial charge in [0.2, 0.25) is 5.95 Å². The van der Waals surface area contributed by atoms with Crippen molar-refractivity contribution in [1.29, 1.82) is 0 Å². The quantitative estimate of drug-likeness (QED) is 0.203. The molecule has 1 saturated heterocycles. The standard InChI is InChI=1S/C18H27N5O7S/c1-18(2,3)15(28)30-11-10(26)8(7-25)29-14(11)23-12-9(13(27)22-16(19)21-12)20-17(23)31-6-4-5-24/h8,10-11,14,24-26H,4-7H2,1-3H3,(H3,19,21,22,27)/t8-,10-,11-,14-/m1/s1. The van der Waals surface area contributed by atoms with Crippen LogP contribution in [0.25, 0.3) is 11.2 Å². The van der Waals surface area contributed by atoms with Gasteiger partial charge in [0.1, 0.15) is 12.2 Å². The Hall–Kier alpha value is -2.19. The van der Waals surface area contributed by atoms with E-state index in [0.717, 1.165) is 0 Å². The van der Waals surface area contributed by atoms with Crippen LogP contribution in [0.1, 0.15) is 33.4 Å². The summed E-state index contributed by atoms with van der Waals surface area (Å²) >= 11 is 1.23. The minimum absolute atomic E-state index is 0.00728. The Morgan fingerprint density at radius 1 is 1.35 bits per heavy atom. The molecule has 2 aromatic rings. The molecule has 3 heterocycles. The van der Waals surface area contributed by atoms with Crippen LogP contribution in [0, 0.1) is 5.41 Å². The molecule has 0 unspecified atom stereocenters. The number of hydrogen-bond acceptors (Lipinski definition) is 11. The minimum Gasteiger partial charge on any atom is -0.454 e. The predicted octanol–water partition coefficient (Wildman–Crippen LogP) is -0.615. The number of nitrogens with two attached hydrogens (primary N) is 1. The maximum absolute atomic E-state index is 12.5. The average Bonchev–Trinajstić information content (AvgIpc) is 3.19. The van der Waals surface area contributed by atoms with Gasteiger partial charge in [-0.25, -0.2) is 4.98 Å². The molecule has 13 heteroatoms. The third-order valence-corrected chi connectivity index (χ3v) is 5.71. The second-order valence-electron chi connectivity index (χ2n) is 8.17. The fraction of sp³-hybridized carbons (Fsp3) is 0.667. The van der Waals surface area contributed by atoms with Gasteiger partial charge < -0.3 is 30.5 Å². The van der Waals surface area contributed by atoms with E-state index in [1.807, 2.05) is 0 Å². The van der Waals surface area contributed by atoms with Crippen LogP contribution in [0.2, 0.25) is 0 Å². The number of anilines is 1. The second-order valence-corrected chi connectivity index (χ2v) is 9.23. The summed E-state index contributed by atoms with van der Waals surface area (Å²) in [6.07, 6.45) is -4.20. The number of aromatic nitrogens is 4. The summed E-state index contributed by atoms with van der Waals surface area (Å²) < 4.78 is 12.8. The van der Waals surface area contributed by atoms with Gasteiger partial charge in [0.15, 0.2) is 28.7 Å². The van der Waals surface area contributed by atoms with Crippen LogP contribution in [0.4, 0.5) is 5.95 Å². The van der Waals surface area contributed by atoms with Gasteiger partial charge in [-0.3, -0.25) is 19.1 Å². The van der Waals surface area contributed by atoms with Crippen LogP contribution in [0.15, 0.2) is 9.95 Å². The van der Waals surface area contributed by atoms with Crippen molar-refractivity contribution in [3.63, 3.8) is 0 Å². The Kier molecular flexibility index (Phi) is 6.91. The smallest absolute Gasteiger partial charge is 0.311 e. The van der Waals surface area contributed by atoms with Crippen LogP contribution in [0.5, 0.6) is 0 Å². The first kappa shape index (κ1) is 23.5. The number of thioether (sulfide) groups is 1. The number of esters is 1. The van der Waals surface area contributed by atoms with Gasteiger partial charge in [0, 0.05) is 12.4 Å². The van der Waals surface area contributed by atoms with Gasteiger partial charge in [-0.05, 0) is 27.2 Å². The van der Waals surface area contributed by atoms with Crippen molar-refractivity contribution in [2.75, 3.05) is 24.7 Å². The zero-order valence-corrected chi connectivity index (χ0v) is 18.3. The number of aliphatic hydroxyl groups is 3. The molecule has 0 saturated carbocycles. The van der Waals surface area contributed by atoms with Gasteiger partial charge in [0.05, 0.1) is 12.0 Å². The lowest BCUT2D eigenvalue weighted by atomic mass is 9.97. The van der Waals surface area contributed by atoms with E-state index in [9.17, 15) is 19.8 Å². The van der Waals surface area contributed by atoms with Crippen molar-refractivity contribution < 1.29 is 29.6 Å². The normalized spacial score (nSPS) is 24.1. The van der Waals surface area contributed by atoms with E-state index < -0.39 is 48.1 Å². The molecule has 3 rings (SSSR count). The lowest BCUT2D eigenvalue weighted by Crippen LogP contribution is -2.39. The molecule has 0 spiro atoms. The second kappa shape index (κ2) is 9.12. The summed E-state index contributed by atoms with van der Waals surface area (Å²) in [5.74, 6) is -0.253. The molecule has 1 aliphatic rings. The van der Waals surface area contributed by atoms with E-state index in [-0.39, 0.29) is 23.7 Å². The summed E-state index contributed by atoms with van der Waals surface area (Å²) in [5, 5.41) is 29.7. The third kappa shape index (κ3) is 4.70. The number of imidazole rings is 1. The number of hydrogen-bond donors (Lipinski definition) is 5. The minimum atomic E-state index is -1.33. The van der Waals surface area contributed by atoms with Crippen LogP contribution in [-0.2, 0) is 14.3 Å². The van der Waals surface area contributed by atoms with E-state index >= 15 is 0 Å². The topological polar surface area (TPSA) is 186 Å². The Labute approximate surface area is 181 Å². The first-order valence-corrected chi connectivity index (χ1v) is 10.7. The Balaban J connectivity index is 2.12. The molecule has 1 fully saturated rings.